The summed E-state index contributed by atoms with van der Waals surface area (Å²) in [6.45, 7) is 0.721. The van der Waals surface area contributed by atoms with Crippen LogP contribution >= 0.6 is 11.3 Å². The number of hydrogen-bond acceptors (Lipinski definition) is 4. The van der Waals surface area contributed by atoms with E-state index in [4.69, 9.17) is 9.73 Å². The van der Waals surface area contributed by atoms with Crippen molar-refractivity contribution in [1.29, 1.82) is 0 Å². The van der Waals surface area contributed by atoms with Gasteiger partial charge in [-0.3, -0.25) is 0 Å². The molecule has 2 aromatic carbocycles. The SMILES string of the molecule is Fc1ccc(C2(Cn3ccnc3)COC(c3ccc(-c4ccc(C(F)(F)F)cc4)s3)=N2)cc1. The Morgan fingerprint density at radius 1 is 0.970 bits per heavy atom. The molecule has 1 unspecified atom stereocenters. The van der Waals surface area contributed by atoms with E-state index in [-0.39, 0.29) is 12.4 Å². The Bertz CT molecular complexity index is 1280. The van der Waals surface area contributed by atoms with Crippen molar-refractivity contribution in [2.24, 2.45) is 4.99 Å². The van der Waals surface area contributed by atoms with Crippen molar-refractivity contribution in [1.82, 2.24) is 9.55 Å². The van der Waals surface area contributed by atoms with Crippen LogP contribution in [0.15, 0.2) is 84.4 Å². The molecule has 4 nitrogen and oxygen atoms in total. The van der Waals surface area contributed by atoms with Gasteiger partial charge < -0.3 is 9.30 Å². The second-order valence-corrected chi connectivity index (χ2v) is 8.80. The van der Waals surface area contributed by atoms with Crippen LogP contribution in [0, 0.1) is 5.82 Å². The Morgan fingerprint density at radius 3 is 2.36 bits per heavy atom. The molecule has 3 heterocycles. The summed E-state index contributed by atoms with van der Waals surface area (Å²) in [6, 6.07) is 14.9. The van der Waals surface area contributed by atoms with E-state index in [1.807, 2.05) is 22.9 Å². The molecule has 0 radical (unpaired) electrons. The Morgan fingerprint density at radius 2 is 1.70 bits per heavy atom. The van der Waals surface area contributed by atoms with Crippen molar-refractivity contribution < 1.29 is 22.3 Å². The molecule has 0 saturated carbocycles. The van der Waals surface area contributed by atoms with Crippen LogP contribution in [0.25, 0.3) is 10.4 Å². The smallest absolute Gasteiger partial charge is 0.416 e. The van der Waals surface area contributed by atoms with Crippen LogP contribution in [0.4, 0.5) is 17.6 Å². The lowest BCUT2D eigenvalue weighted by Gasteiger charge is -2.25. The third-order valence-corrected chi connectivity index (χ3v) is 6.58. The summed E-state index contributed by atoms with van der Waals surface area (Å²) in [6.07, 6.45) is 0.818. The summed E-state index contributed by atoms with van der Waals surface area (Å²) >= 11 is 1.39. The van der Waals surface area contributed by atoms with E-state index >= 15 is 0 Å². The van der Waals surface area contributed by atoms with Gasteiger partial charge in [0.1, 0.15) is 18.0 Å². The fourth-order valence-corrected chi connectivity index (χ4v) is 4.72. The number of imidazole rings is 1. The van der Waals surface area contributed by atoms with Gasteiger partial charge in [0.15, 0.2) is 0 Å². The first-order chi connectivity index (χ1) is 15.8. The van der Waals surface area contributed by atoms with Gasteiger partial charge >= 0.3 is 6.18 Å². The standard InChI is InChI=1S/C24H17F4N3OS/c25-19-7-5-17(6-8-19)23(13-31-12-11-29-15-31)14-32-22(30-23)21-10-9-20(33-21)16-1-3-18(4-2-16)24(26,27)28/h1-12,15H,13-14H2. The normalized spacial score (nSPS) is 18.2. The molecule has 0 amide bonds. The minimum atomic E-state index is -4.37. The number of aromatic nitrogens is 2. The summed E-state index contributed by atoms with van der Waals surface area (Å²) < 4.78 is 59.9. The number of rotatable bonds is 5. The monoisotopic (exact) mass is 471 g/mol. The lowest BCUT2D eigenvalue weighted by Crippen LogP contribution is -2.31. The second kappa shape index (κ2) is 8.15. The lowest BCUT2D eigenvalue weighted by atomic mass is 9.91. The summed E-state index contributed by atoms with van der Waals surface area (Å²) in [5.74, 6) is 0.113. The highest BCUT2D eigenvalue weighted by Crippen LogP contribution is 2.38. The molecule has 168 valence electrons. The molecule has 0 aliphatic carbocycles. The van der Waals surface area contributed by atoms with Crippen LogP contribution in [0.5, 0.6) is 0 Å². The average Bonchev–Trinajstić information content (AvgIpc) is 3.55. The maximum atomic E-state index is 13.5. The van der Waals surface area contributed by atoms with E-state index in [1.54, 1.807) is 24.7 Å². The molecule has 9 heteroatoms. The van der Waals surface area contributed by atoms with Crippen LogP contribution in [0.3, 0.4) is 0 Å². The fourth-order valence-electron chi connectivity index (χ4n) is 3.77. The maximum absolute atomic E-state index is 13.5. The number of ether oxygens (including phenoxy) is 1. The van der Waals surface area contributed by atoms with Crippen LogP contribution in [0.1, 0.15) is 16.0 Å². The van der Waals surface area contributed by atoms with Crippen molar-refractivity contribution in [3.8, 4) is 10.4 Å². The van der Waals surface area contributed by atoms with Crippen molar-refractivity contribution >= 4 is 17.2 Å². The largest absolute Gasteiger partial charge is 0.474 e. The van der Waals surface area contributed by atoms with Crippen molar-refractivity contribution in [3.63, 3.8) is 0 Å². The van der Waals surface area contributed by atoms with Crippen LogP contribution in [-0.2, 0) is 23.0 Å². The van der Waals surface area contributed by atoms with Gasteiger partial charge in [0, 0.05) is 17.3 Å². The molecular weight excluding hydrogens is 454 g/mol. The zero-order chi connectivity index (χ0) is 23.1. The molecule has 0 bridgehead atoms. The number of nitrogens with zero attached hydrogens (tertiary/aromatic N) is 3. The highest BCUT2D eigenvalue weighted by molar-refractivity contribution is 7.17. The zero-order valence-electron chi connectivity index (χ0n) is 17.1. The van der Waals surface area contributed by atoms with Gasteiger partial charge in [-0.1, -0.05) is 24.3 Å². The number of benzene rings is 2. The van der Waals surface area contributed by atoms with Gasteiger partial charge in [-0.2, -0.15) is 13.2 Å². The van der Waals surface area contributed by atoms with Crippen LogP contribution < -0.4 is 0 Å². The average molecular weight is 471 g/mol. The quantitative estimate of drug-likeness (QED) is 0.328. The minimum Gasteiger partial charge on any atom is -0.474 e. The minimum absolute atomic E-state index is 0.264. The van der Waals surface area contributed by atoms with E-state index in [1.165, 1.54) is 35.6 Å². The topological polar surface area (TPSA) is 39.4 Å². The number of aliphatic imine (C=N–C) groups is 1. The Hall–Kier alpha value is -3.46. The van der Waals surface area contributed by atoms with E-state index in [2.05, 4.69) is 4.98 Å². The van der Waals surface area contributed by atoms with E-state index in [0.29, 0.717) is 18.0 Å². The number of thiophene rings is 1. The first kappa shape index (κ1) is 21.4. The molecule has 1 aliphatic heterocycles. The molecule has 1 aliphatic rings. The third kappa shape index (κ3) is 4.28. The van der Waals surface area contributed by atoms with Gasteiger partial charge in [0.25, 0.3) is 0 Å². The van der Waals surface area contributed by atoms with Crippen molar-refractivity contribution in [3.05, 3.63) is 101 Å². The van der Waals surface area contributed by atoms with Crippen molar-refractivity contribution in [2.75, 3.05) is 6.61 Å². The van der Waals surface area contributed by atoms with Gasteiger partial charge in [-0.25, -0.2) is 14.4 Å². The van der Waals surface area contributed by atoms with E-state index in [0.717, 1.165) is 27.5 Å². The fraction of sp³-hybridized carbons (Fsp3) is 0.167. The van der Waals surface area contributed by atoms with Gasteiger partial charge in [0.05, 0.1) is 23.3 Å². The molecule has 0 spiro atoms. The predicted molar refractivity (Wildman–Crippen MR) is 118 cm³/mol. The van der Waals surface area contributed by atoms with Gasteiger partial charge in [-0.15, -0.1) is 11.3 Å². The molecule has 0 N–H and O–H groups in total. The van der Waals surface area contributed by atoms with E-state index < -0.39 is 17.3 Å². The van der Waals surface area contributed by atoms with Crippen LogP contribution in [-0.4, -0.2) is 22.1 Å². The first-order valence-electron chi connectivity index (χ1n) is 10.0. The molecular formula is C24H17F4N3OS. The second-order valence-electron chi connectivity index (χ2n) is 7.72. The molecule has 0 fully saturated rings. The van der Waals surface area contributed by atoms with E-state index in [9.17, 15) is 17.6 Å². The molecule has 2 aromatic heterocycles. The molecule has 1 atom stereocenters. The summed E-state index contributed by atoms with van der Waals surface area (Å²) in [5, 5.41) is 0. The highest BCUT2D eigenvalue weighted by Gasteiger charge is 2.40. The van der Waals surface area contributed by atoms with Gasteiger partial charge in [0.2, 0.25) is 5.90 Å². The van der Waals surface area contributed by atoms with Crippen molar-refractivity contribution in [2.45, 2.75) is 18.3 Å². The zero-order valence-corrected chi connectivity index (χ0v) is 17.9. The Balaban J connectivity index is 1.46. The third-order valence-electron chi connectivity index (χ3n) is 5.46. The Kier molecular flexibility index (Phi) is 5.28. The number of alkyl halides is 3. The molecule has 33 heavy (non-hydrogen) atoms. The summed E-state index contributed by atoms with van der Waals surface area (Å²) in [4.78, 5) is 10.6. The lowest BCUT2D eigenvalue weighted by molar-refractivity contribution is -0.137. The predicted octanol–water partition coefficient (Wildman–Crippen LogP) is 6.14. The number of halogens is 4. The Labute approximate surface area is 190 Å². The van der Waals surface area contributed by atoms with Crippen LogP contribution in [0.2, 0.25) is 0 Å². The highest BCUT2D eigenvalue weighted by atomic mass is 32.1. The molecule has 0 saturated heterocycles. The summed E-state index contributed by atoms with van der Waals surface area (Å²) in [7, 11) is 0. The molecule has 5 rings (SSSR count). The number of hydrogen-bond donors (Lipinski definition) is 0. The first-order valence-corrected chi connectivity index (χ1v) is 10.9. The summed E-state index contributed by atoms with van der Waals surface area (Å²) in [5.41, 5.74) is 0.0469. The molecule has 4 aromatic rings. The van der Waals surface area contributed by atoms with Gasteiger partial charge in [-0.05, 0) is 47.5 Å². The maximum Gasteiger partial charge on any atom is 0.416 e.